The Labute approximate surface area is 134 Å². The van der Waals surface area contributed by atoms with E-state index >= 15 is 0 Å². The molecule has 2 rings (SSSR count). The van der Waals surface area contributed by atoms with Gasteiger partial charge in [-0.3, -0.25) is 5.43 Å². The van der Waals surface area contributed by atoms with Crippen LogP contribution in [0.4, 0.5) is 10.1 Å². The number of rotatable bonds is 5. The van der Waals surface area contributed by atoms with Crippen molar-refractivity contribution in [2.45, 2.75) is 6.92 Å². The average molecular weight is 317 g/mol. The van der Waals surface area contributed by atoms with E-state index in [2.05, 4.69) is 15.8 Å². The molecule has 0 aromatic heterocycles. The number of hydrazone groups is 1. The van der Waals surface area contributed by atoms with Crippen LogP contribution in [-0.4, -0.2) is 17.9 Å². The molecule has 114 valence electrons. The molecule has 0 amide bonds. The molecule has 0 aliphatic carbocycles. The van der Waals surface area contributed by atoms with E-state index in [1.807, 2.05) is 31.2 Å². The predicted molar refractivity (Wildman–Crippen MR) is 91.0 cm³/mol. The largest absolute Gasteiger partial charge is 0.494 e. The number of ether oxygens (including phenoxy) is 1. The number of halogens is 1. The maximum Gasteiger partial charge on any atom is 0.191 e. The molecule has 2 aromatic carbocycles. The number of hydrogen-bond donors (Lipinski definition) is 2. The van der Waals surface area contributed by atoms with Crippen LogP contribution >= 0.6 is 12.2 Å². The van der Waals surface area contributed by atoms with Gasteiger partial charge in [-0.15, -0.1) is 0 Å². The Hall–Kier alpha value is -2.47. The van der Waals surface area contributed by atoms with Crippen LogP contribution in [0.2, 0.25) is 0 Å². The zero-order valence-corrected chi connectivity index (χ0v) is 12.9. The zero-order valence-electron chi connectivity index (χ0n) is 12.0. The first-order valence-corrected chi connectivity index (χ1v) is 7.17. The molecule has 0 bridgehead atoms. The van der Waals surface area contributed by atoms with Crippen LogP contribution in [0.15, 0.2) is 53.6 Å². The summed E-state index contributed by atoms with van der Waals surface area (Å²) < 4.78 is 18.7. The molecule has 6 heteroatoms. The first-order chi connectivity index (χ1) is 10.7. The maximum atomic E-state index is 13.4. The van der Waals surface area contributed by atoms with Gasteiger partial charge in [-0.05, 0) is 49.5 Å². The SMILES string of the molecule is CCOc1ccc(NC(=S)N/N=C\c2ccccc2F)cc1. The molecule has 0 atom stereocenters. The van der Waals surface area contributed by atoms with Crippen molar-refractivity contribution in [2.75, 3.05) is 11.9 Å². The van der Waals surface area contributed by atoms with Crippen LogP contribution in [0, 0.1) is 5.82 Å². The highest BCUT2D eigenvalue weighted by Gasteiger charge is 1.98. The van der Waals surface area contributed by atoms with Crippen molar-refractivity contribution in [1.82, 2.24) is 5.43 Å². The number of nitrogens with one attached hydrogen (secondary N) is 2. The molecule has 0 saturated heterocycles. The predicted octanol–water partition coefficient (Wildman–Crippen LogP) is 3.54. The smallest absolute Gasteiger partial charge is 0.191 e. The Morgan fingerprint density at radius 2 is 1.95 bits per heavy atom. The summed E-state index contributed by atoms with van der Waals surface area (Å²) in [6.07, 6.45) is 1.38. The van der Waals surface area contributed by atoms with E-state index in [1.54, 1.807) is 18.2 Å². The molecule has 0 saturated carbocycles. The van der Waals surface area contributed by atoms with Crippen LogP contribution in [0.5, 0.6) is 5.75 Å². The maximum absolute atomic E-state index is 13.4. The molecule has 0 radical (unpaired) electrons. The summed E-state index contributed by atoms with van der Waals surface area (Å²) in [6.45, 7) is 2.55. The summed E-state index contributed by atoms with van der Waals surface area (Å²) in [4.78, 5) is 0. The highest BCUT2D eigenvalue weighted by atomic mass is 32.1. The quantitative estimate of drug-likeness (QED) is 0.503. The third-order valence-electron chi connectivity index (χ3n) is 2.70. The topological polar surface area (TPSA) is 45.6 Å². The lowest BCUT2D eigenvalue weighted by Gasteiger charge is -2.08. The van der Waals surface area contributed by atoms with Gasteiger partial charge in [-0.25, -0.2) is 4.39 Å². The van der Waals surface area contributed by atoms with Crippen LogP contribution in [0.1, 0.15) is 12.5 Å². The van der Waals surface area contributed by atoms with Crippen molar-refractivity contribution in [3.05, 3.63) is 59.9 Å². The molecule has 0 unspecified atom stereocenters. The fourth-order valence-corrected chi connectivity index (χ4v) is 1.87. The minimum atomic E-state index is -0.335. The van der Waals surface area contributed by atoms with Gasteiger partial charge in [0.25, 0.3) is 0 Å². The Kier molecular flexibility index (Phi) is 5.85. The van der Waals surface area contributed by atoms with E-state index in [1.165, 1.54) is 12.3 Å². The van der Waals surface area contributed by atoms with E-state index in [0.717, 1.165) is 11.4 Å². The van der Waals surface area contributed by atoms with Crippen LogP contribution in [0.25, 0.3) is 0 Å². The zero-order chi connectivity index (χ0) is 15.8. The molecular formula is C16H16FN3OS. The standard InChI is InChI=1S/C16H16FN3OS/c1-2-21-14-9-7-13(8-10-14)19-16(22)20-18-11-12-5-3-4-6-15(12)17/h3-11H,2H2,1H3,(H2,19,20,22)/b18-11-. The molecule has 0 aliphatic heterocycles. The van der Waals surface area contributed by atoms with Gasteiger partial charge in [0.05, 0.1) is 12.8 Å². The molecule has 0 spiro atoms. The summed E-state index contributed by atoms with van der Waals surface area (Å²) in [6, 6.07) is 13.7. The second kappa shape index (κ2) is 8.09. The van der Waals surface area contributed by atoms with Gasteiger partial charge in [-0.1, -0.05) is 18.2 Å². The average Bonchev–Trinajstić information content (AvgIpc) is 2.51. The van der Waals surface area contributed by atoms with Gasteiger partial charge in [0.15, 0.2) is 5.11 Å². The van der Waals surface area contributed by atoms with Gasteiger partial charge < -0.3 is 10.1 Å². The van der Waals surface area contributed by atoms with Gasteiger partial charge in [-0.2, -0.15) is 5.10 Å². The first-order valence-electron chi connectivity index (χ1n) is 6.76. The van der Waals surface area contributed by atoms with Gasteiger partial charge >= 0.3 is 0 Å². The third-order valence-corrected chi connectivity index (χ3v) is 2.89. The molecule has 0 aliphatic rings. The lowest BCUT2D eigenvalue weighted by molar-refractivity contribution is 0.340. The first kappa shape index (κ1) is 15.9. The number of thiocarbonyl (C=S) groups is 1. The van der Waals surface area contributed by atoms with Crippen LogP contribution in [-0.2, 0) is 0 Å². The lowest BCUT2D eigenvalue weighted by Crippen LogP contribution is -2.23. The Balaban J connectivity index is 1.86. The van der Waals surface area contributed by atoms with Crippen LogP contribution in [0.3, 0.4) is 0 Å². The van der Waals surface area contributed by atoms with Gasteiger partial charge in [0.2, 0.25) is 0 Å². The van der Waals surface area contributed by atoms with Gasteiger partial charge in [0.1, 0.15) is 11.6 Å². The molecule has 0 fully saturated rings. The fraction of sp³-hybridized carbons (Fsp3) is 0.125. The van der Waals surface area contributed by atoms with Gasteiger partial charge in [0, 0.05) is 11.3 Å². The number of nitrogens with zero attached hydrogens (tertiary/aromatic N) is 1. The van der Waals surface area contributed by atoms with E-state index < -0.39 is 0 Å². The van der Waals surface area contributed by atoms with E-state index in [9.17, 15) is 4.39 Å². The van der Waals surface area contributed by atoms with Crippen molar-refractivity contribution in [2.24, 2.45) is 5.10 Å². The second-order valence-corrected chi connectivity index (χ2v) is 4.71. The van der Waals surface area contributed by atoms with E-state index in [0.29, 0.717) is 17.3 Å². The fourth-order valence-electron chi connectivity index (χ4n) is 1.70. The highest BCUT2D eigenvalue weighted by Crippen LogP contribution is 2.15. The van der Waals surface area contributed by atoms with Crippen molar-refractivity contribution in [3.63, 3.8) is 0 Å². The number of benzene rings is 2. The lowest BCUT2D eigenvalue weighted by atomic mass is 10.2. The highest BCUT2D eigenvalue weighted by molar-refractivity contribution is 7.80. The summed E-state index contributed by atoms with van der Waals surface area (Å²) in [5.41, 5.74) is 3.83. The van der Waals surface area contributed by atoms with E-state index in [4.69, 9.17) is 17.0 Å². The minimum absolute atomic E-state index is 0.316. The summed E-state index contributed by atoms with van der Waals surface area (Å²) in [5, 5.41) is 7.19. The normalized spacial score (nSPS) is 10.5. The molecular weight excluding hydrogens is 301 g/mol. The molecule has 4 nitrogen and oxygen atoms in total. The second-order valence-electron chi connectivity index (χ2n) is 4.30. The van der Waals surface area contributed by atoms with Crippen molar-refractivity contribution < 1.29 is 9.13 Å². The molecule has 0 heterocycles. The summed E-state index contributed by atoms with van der Waals surface area (Å²) in [5.74, 6) is 0.461. The summed E-state index contributed by atoms with van der Waals surface area (Å²) in [7, 11) is 0. The molecule has 22 heavy (non-hydrogen) atoms. The Bertz CT molecular complexity index is 659. The van der Waals surface area contributed by atoms with Crippen molar-refractivity contribution in [3.8, 4) is 5.75 Å². The summed E-state index contributed by atoms with van der Waals surface area (Å²) >= 11 is 5.11. The number of hydrogen-bond acceptors (Lipinski definition) is 3. The molecule has 2 N–H and O–H groups in total. The van der Waals surface area contributed by atoms with Crippen LogP contribution < -0.4 is 15.5 Å². The van der Waals surface area contributed by atoms with Crippen molar-refractivity contribution in [1.29, 1.82) is 0 Å². The minimum Gasteiger partial charge on any atom is -0.494 e. The Morgan fingerprint density at radius 1 is 1.23 bits per heavy atom. The van der Waals surface area contributed by atoms with E-state index in [-0.39, 0.29) is 5.82 Å². The third kappa shape index (κ3) is 4.82. The number of anilines is 1. The monoisotopic (exact) mass is 317 g/mol. The van der Waals surface area contributed by atoms with Crippen molar-refractivity contribution >= 4 is 29.2 Å². The molecule has 2 aromatic rings. The Morgan fingerprint density at radius 3 is 2.64 bits per heavy atom.